The van der Waals surface area contributed by atoms with E-state index in [-0.39, 0.29) is 11.9 Å². The number of nitrogens with zero attached hydrogens (tertiary/aromatic N) is 4. The topological polar surface area (TPSA) is 63.1 Å². The first-order valence-electron chi connectivity index (χ1n) is 11.1. The zero-order chi connectivity index (χ0) is 21.6. The lowest BCUT2D eigenvalue weighted by Crippen LogP contribution is -2.47. The highest BCUT2D eigenvalue weighted by Gasteiger charge is 2.22. The van der Waals surface area contributed by atoms with Crippen molar-refractivity contribution in [1.82, 2.24) is 25.0 Å². The monoisotopic (exact) mass is 417 g/mol. The first-order valence-corrected chi connectivity index (χ1v) is 11.1. The molecule has 2 heterocycles. The van der Waals surface area contributed by atoms with E-state index in [2.05, 4.69) is 58.5 Å². The standard InChI is InChI=1S/C25H31N5O/c1-19(2)14-20-5-7-21(8-6-20)15-29-13-3-4-23(16-29)28-25(31)22-9-11-24(12-10-22)30-17-26-27-18-30/h5-12,17-19,23H,3-4,13-16H2,1-2H3,(H,28,31). The summed E-state index contributed by atoms with van der Waals surface area (Å²) in [6.45, 7) is 7.40. The molecule has 1 atom stereocenters. The highest BCUT2D eigenvalue weighted by atomic mass is 16.1. The molecule has 1 unspecified atom stereocenters. The van der Waals surface area contributed by atoms with Crippen molar-refractivity contribution in [2.45, 2.75) is 45.7 Å². The van der Waals surface area contributed by atoms with Crippen LogP contribution in [0.2, 0.25) is 0 Å². The highest BCUT2D eigenvalue weighted by Crippen LogP contribution is 2.16. The van der Waals surface area contributed by atoms with Crippen molar-refractivity contribution in [2.24, 2.45) is 5.92 Å². The number of hydrogen-bond acceptors (Lipinski definition) is 4. The molecule has 0 spiro atoms. The van der Waals surface area contributed by atoms with Gasteiger partial charge in [-0.25, -0.2) is 0 Å². The van der Waals surface area contributed by atoms with Gasteiger partial charge in [0.1, 0.15) is 12.7 Å². The van der Waals surface area contributed by atoms with Crippen molar-refractivity contribution in [3.63, 3.8) is 0 Å². The number of hydrogen-bond donors (Lipinski definition) is 1. The smallest absolute Gasteiger partial charge is 0.251 e. The molecular weight excluding hydrogens is 386 g/mol. The molecule has 1 saturated heterocycles. The van der Waals surface area contributed by atoms with Gasteiger partial charge in [-0.05, 0) is 67.1 Å². The number of carbonyl (C=O) groups excluding carboxylic acids is 1. The minimum atomic E-state index is -0.0137. The second-order valence-electron chi connectivity index (χ2n) is 8.88. The Morgan fingerprint density at radius 3 is 2.39 bits per heavy atom. The maximum Gasteiger partial charge on any atom is 0.251 e. The van der Waals surface area contributed by atoms with Crippen LogP contribution in [0.25, 0.3) is 5.69 Å². The molecule has 0 aliphatic carbocycles. The fourth-order valence-electron chi connectivity index (χ4n) is 4.22. The minimum Gasteiger partial charge on any atom is -0.348 e. The Labute approximate surface area is 184 Å². The van der Waals surface area contributed by atoms with Crippen LogP contribution in [0.5, 0.6) is 0 Å². The molecule has 1 aliphatic rings. The summed E-state index contributed by atoms with van der Waals surface area (Å²) in [5, 5.41) is 10.9. The van der Waals surface area contributed by atoms with Crippen LogP contribution in [0.1, 0.15) is 48.2 Å². The second kappa shape index (κ2) is 9.88. The third-order valence-corrected chi connectivity index (χ3v) is 5.76. The summed E-state index contributed by atoms with van der Waals surface area (Å²) in [7, 11) is 0. The summed E-state index contributed by atoms with van der Waals surface area (Å²) in [5.74, 6) is 0.664. The number of nitrogens with one attached hydrogen (secondary N) is 1. The molecule has 6 nitrogen and oxygen atoms in total. The number of rotatable bonds is 7. The van der Waals surface area contributed by atoms with Crippen molar-refractivity contribution < 1.29 is 4.79 Å². The quantitative estimate of drug-likeness (QED) is 0.634. The minimum absolute atomic E-state index is 0.0137. The van der Waals surface area contributed by atoms with Crippen molar-refractivity contribution in [3.8, 4) is 5.69 Å². The van der Waals surface area contributed by atoms with Crippen LogP contribution in [0.3, 0.4) is 0 Å². The molecule has 0 radical (unpaired) electrons. The molecule has 0 bridgehead atoms. The van der Waals surface area contributed by atoms with Crippen molar-refractivity contribution in [2.75, 3.05) is 13.1 Å². The molecule has 4 rings (SSSR count). The Morgan fingerprint density at radius 2 is 1.71 bits per heavy atom. The highest BCUT2D eigenvalue weighted by molar-refractivity contribution is 5.94. The normalized spacial score (nSPS) is 17.1. The third-order valence-electron chi connectivity index (χ3n) is 5.76. The lowest BCUT2D eigenvalue weighted by atomic mass is 10.0. The van der Waals surface area contributed by atoms with Crippen LogP contribution in [0, 0.1) is 5.92 Å². The second-order valence-corrected chi connectivity index (χ2v) is 8.88. The lowest BCUT2D eigenvalue weighted by molar-refractivity contribution is 0.0901. The molecule has 3 aromatic rings. The van der Waals surface area contributed by atoms with E-state index in [0.29, 0.717) is 11.5 Å². The average molecular weight is 418 g/mol. The molecule has 6 heteroatoms. The molecule has 31 heavy (non-hydrogen) atoms. The number of carbonyl (C=O) groups is 1. The van der Waals surface area contributed by atoms with Crippen LogP contribution < -0.4 is 5.32 Å². The maximum absolute atomic E-state index is 12.7. The predicted molar refractivity (Wildman–Crippen MR) is 122 cm³/mol. The van der Waals surface area contributed by atoms with E-state index in [4.69, 9.17) is 0 Å². The van der Waals surface area contributed by atoms with Gasteiger partial charge in [0.2, 0.25) is 0 Å². The zero-order valence-electron chi connectivity index (χ0n) is 18.4. The van der Waals surface area contributed by atoms with Gasteiger partial charge in [-0.1, -0.05) is 38.1 Å². The summed E-state index contributed by atoms with van der Waals surface area (Å²) in [6.07, 6.45) is 6.53. The number of amides is 1. The van der Waals surface area contributed by atoms with E-state index in [1.54, 1.807) is 12.7 Å². The number of likely N-dealkylation sites (tertiary alicyclic amines) is 1. The molecule has 1 amide bonds. The Hall–Kier alpha value is -2.99. The first-order chi connectivity index (χ1) is 15.1. The molecule has 1 N–H and O–H groups in total. The van der Waals surface area contributed by atoms with Gasteiger partial charge in [0, 0.05) is 30.4 Å². The third kappa shape index (κ3) is 5.79. The zero-order valence-corrected chi connectivity index (χ0v) is 18.4. The molecule has 2 aromatic carbocycles. The van der Waals surface area contributed by atoms with E-state index < -0.39 is 0 Å². The first kappa shape index (κ1) is 21.2. The fraction of sp³-hybridized carbons (Fsp3) is 0.400. The number of piperidine rings is 1. The molecular formula is C25H31N5O. The SMILES string of the molecule is CC(C)Cc1ccc(CN2CCCC(NC(=O)c3ccc(-n4cnnc4)cc3)C2)cc1. The summed E-state index contributed by atoms with van der Waals surface area (Å²) < 4.78 is 1.82. The van der Waals surface area contributed by atoms with Crippen LogP contribution >= 0.6 is 0 Å². The van der Waals surface area contributed by atoms with Crippen LogP contribution in [0.4, 0.5) is 0 Å². The van der Waals surface area contributed by atoms with E-state index in [1.165, 1.54) is 11.1 Å². The summed E-state index contributed by atoms with van der Waals surface area (Å²) in [4.78, 5) is 15.2. The molecule has 162 valence electrons. The Bertz CT molecular complexity index is 964. The molecule has 1 fully saturated rings. The molecule has 1 aliphatic heterocycles. The van der Waals surface area contributed by atoms with Gasteiger partial charge in [-0.3, -0.25) is 14.3 Å². The van der Waals surface area contributed by atoms with Crippen molar-refractivity contribution >= 4 is 5.91 Å². The lowest BCUT2D eigenvalue weighted by Gasteiger charge is -2.33. The van der Waals surface area contributed by atoms with Gasteiger partial charge in [0.05, 0.1) is 0 Å². The summed E-state index contributed by atoms with van der Waals surface area (Å²) >= 11 is 0. The van der Waals surface area contributed by atoms with E-state index in [9.17, 15) is 4.79 Å². The predicted octanol–water partition coefficient (Wildman–Crippen LogP) is 3.86. The van der Waals surface area contributed by atoms with Crippen LogP contribution in [-0.4, -0.2) is 44.7 Å². The van der Waals surface area contributed by atoms with Crippen molar-refractivity contribution in [1.29, 1.82) is 0 Å². The molecule has 1 aromatic heterocycles. The molecule has 0 saturated carbocycles. The van der Waals surface area contributed by atoms with E-state index in [1.807, 2.05) is 28.8 Å². The summed E-state index contributed by atoms with van der Waals surface area (Å²) in [5.41, 5.74) is 4.35. The van der Waals surface area contributed by atoms with Gasteiger partial charge >= 0.3 is 0 Å². The largest absolute Gasteiger partial charge is 0.348 e. The van der Waals surface area contributed by atoms with E-state index in [0.717, 1.165) is 44.6 Å². The van der Waals surface area contributed by atoms with Crippen molar-refractivity contribution in [3.05, 3.63) is 77.9 Å². The van der Waals surface area contributed by atoms with Gasteiger partial charge in [-0.15, -0.1) is 10.2 Å². The summed E-state index contributed by atoms with van der Waals surface area (Å²) in [6, 6.07) is 16.7. The Morgan fingerprint density at radius 1 is 1.03 bits per heavy atom. The van der Waals surface area contributed by atoms with Gasteiger partial charge in [0.25, 0.3) is 5.91 Å². The Kier molecular flexibility index (Phi) is 6.77. The number of aromatic nitrogens is 3. The van der Waals surface area contributed by atoms with E-state index >= 15 is 0 Å². The fourth-order valence-corrected chi connectivity index (χ4v) is 4.22. The van der Waals surface area contributed by atoms with Crippen LogP contribution in [0.15, 0.2) is 61.2 Å². The number of benzene rings is 2. The Balaban J connectivity index is 1.30. The van der Waals surface area contributed by atoms with Gasteiger partial charge < -0.3 is 5.32 Å². The van der Waals surface area contributed by atoms with Gasteiger partial charge in [0.15, 0.2) is 0 Å². The van der Waals surface area contributed by atoms with Gasteiger partial charge in [-0.2, -0.15) is 0 Å². The van der Waals surface area contributed by atoms with Crippen LogP contribution in [-0.2, 0) is 13.0 Å². The average Bonchev–Trinajstić information content (AvgIpc) is 3.30. The maximum atomic E-state index is 12.7.